The Balaban J connectivity index is 1.79. The van der Waals surface area contributed by atoms with Crippen LogP contribution in [0.3, 0.4) is 0 Å². The number of amides is 1. The number of carbonyl (C=O) groups is 2. The fraction of sp³-hybridized carbons (Fsp3) is 0.250. The third kappa shape index (κ3) is 4.36. The zero-order valence-corrected chi connectivity index (χ0v) is 17.8. The molecule has 0 spiro atoms. The molecule has 0 saturated heterocycles. The summed E-state index contributed by atoms with van der Waals surface area (Å²) >= 11 is 9.26. The number of nitrogens with one attached hydrogen (secondary N) is 1. The number of methoxy groups -OCH3 is 1. The molecule has 6 nitrogen and oxygen atoms in total. The van der Waals surface area contributed by atoms with Crippen molar-refractivity contribution in [3.8, 4) is 0 Å². The first-order valence-corrected chi connectivity index (χ1v) is 9.73. The molecule has 0 fully saturated rings. The van der Waals surface area contributed by atoms with Crippen LogP contribution in [0.5, 0.6) is 0 Å². The largest absolute Gasteiger partial charge is 0.468 e. The molecule has 0 aromatic heterocycles. The van der Waals surface area contributed by atoms with Gasteiger partial charge >= 0.3 is 5.97 Å². The van der Waals surface area contributed by atoms with E-state index in [0.717, 1.165) is 10.0 Å². The SMILES string of the molecule is COC(=O)C1(C)CN(CC(=O)Nc2ccc(Cl)cc2)N=C1c1ccc(Br)cc1. The molecule has 0 bridgehead atoms. The smallest absolute Gasteiger partial charge is 0.319 e. The molecule has 0 saturated carbocycles. The number of halogens is 2. The van der Waals surface area contributed by atoms with Crippen LogP contribution in [-0.4, -0.2) is 42.8 Å². The molecule has 1 aliphatic rings. The van der Waals surface area contributed by atoms with Crippen LogP contribution in [-0.2, 0) is 14.3 Å². The number of hydrazone groups is 1. The highest BCUT2D eigenvalue weighted by Crippen LogP contribution is 2.33. The maximum absolute atomic E-state index is 12.5. The number of esters is 1. The molecule has 1 unspecified atom stereocenters. The number of nitrogens with zero attached hydrogens (tertiary/aromatic N) is 2. The van der Waals surface area contributed by atoms with E-state index in [-0.39, 0.29) is 19.0 Å². The van der Waals surface area contributed by atoms with Crippen molar-refractivity contribution in [1.29, 1.82) is 0 Å². The molecule has 1 atom stereocenters. The van der Waals surface area contributed by atoms with Gasteiger partial charge in [0.2, 0.25) is 5.91 Å². The fourth-order valence-electron chi connectivity index (χ4n) is 3.09. The van der Waals surface area contributed by atoms with Crippen LogP contribution >= 0.6 is 27.5 Å². The summed E-state index contributed by atoms with van der Waals surface area (Å²) < 4.78 is 5.93. The molecular formula is C20H19BrClN3O3. The van der Waals surface area contributed by atoms with E-state index >= 15 is 0 Å². The Morgan fingerprint density at radius 2 is 1.86 bits per heavy atom. The van der Waals surface area contributed by atoms with E-state index in [2.05, 4.69) is 26.3 Å². The lowest BCUT2D eigenvalue weighted by Gasteiger charge is -2.23. The standard InChI is InChI=1S/C20H19BrClN3O3/c1-20(19(27)28-2)12-25(24-18(20)13-3-5-14(21)6-4-13)11-17(26)23-16-9-7-15(22)8-10-16/h3-10H,11-12H2,1-2H3,(H,23,26). The Hall–Kier alpha value is -2.38. The van der Waals surface area contributed by atoms with Gasteiger partial charge in [0.25, 0.3) is 0 Å². The maximum Gasteiger partial charge on any atom is 0.319 e. The highest BCUT2D eigenvalue weighted by atomic mass is 79.9. The topological polar surface area (TPSA) is 71.0 Å². The van der Waals surface area contributed by atoms with Gasteiger partial charge in [0, 0.05) is 15.2 Å². The van der Waals surface area contributed by atoms with Gasteiger partial charge in [-0.15, -0.1) is 0 Å². The van der Waals surface area contributed by atoms with Crippen LogP contribution < -0.4 is 5.32 Å². The monoisotopic (exact) mass is 463 g/mol. The van der Waals surface area contributed by atoms with Crippen LogP contribution in [0.4, 0.5) is 5.69 Å². The van der Waals surface area contributed by atoms with Gasteiger partial charge in [0.15, 0.2) is 0 Å². The van der Waals surface area contributed by atoms with Crippen LogP contribution in [0, 0.1) is 5.41 Å². The van der Waals surface area contributed by atoms with E-state index in [9.17, 15) is 9.59 Å². The summed E-state index contributed by atoms with van der Waals surface area (Å²) in [6.45, 7) is 2.03. The van der Waals surface area contributed by atoms with Gasteiger partial charge in [-0.25, -0.2) is 0 Å². The van der Waals surface area contributed by atoms with E-state index < -0.39 is 11.4 Å². The lowest BCUT2D eigenvalue weighted by Crippen LogP contribution is -2.41. The Morgan fingerprint density at radius 3 is 2.46 bits per heavy atom. The minimum atomic E-state index is -0.969. The Labute approximate surface area is 176 Å². The predicted molar refractivity (Wildman–Crippen MR) is 112 cm³/mol. The minimum absolute atomic E-state index is 0.00917. The molecule has 146 valence electrons. The van der Waals surface area contributed by atoms with Crippen molar-refractivity contribution in [1.82, 2.24) is 5.01 Å². The van der Waals surface area contributed by atoms with Crippen molar-refractivity contribution in [2.45, 2.75) is 6.92 Å². The third-order valence-corrected chi connectivity index (χ3v) is 5.25. The number of hydrogen-bond donors (Lipinski definition) is 1. The summed E-state index contributed by atoms with van der Waals surface area (Å²) in [5, 5.41) is 9.53. The van der Waals surface area contributed by atoms with Crippen LogP contribution in [0.1, 0.15) is 12.5 Å². The second-order valence-corrected chi connectivity index (χ2v) is 8.01. The first kappa shape index (κ1) is 20.4. The zero-order valence-electron chi connectivity index (χ0n) is 15.4. The van der Waals surface area contributed by atoms with E-state index in [1.807, 2.05) is 24.3 Å². The zero-order chi connectivity index (χ0) is 20.3. The van der Waals surface area contributed by atoms with E-state index in [1.54, 1.807) is 36.2 Å². The van der Waals surface area contributed by atoms with E-state index in [0.29, 0.717) is 16.4 Å². The highest BCUT2D eigenvalue weighted by Gasteiger charge is 2.47. The van der Waals surface area contributed by atoms with Gasteiger partial charge in [-0.1, -0.05) is 39.7 Å². The Kier molecular flexibility index (Phi) is 6.05. The lowest BCUT2D eigenvalue weighted by molar-refractivity contribution is -0.148. The van der Waals surface area contributed by atoms with Gasteiger partial charge in [-0.05, 0) is 48.9 Å². The van der Waals surface area contributed by atoms with Gasteiger partial charge < -0.3 is 10.1 Å². The molecule has 1 aliphatic heterocycles. The van der Waals surface area contributed by atoms with Gasteiger partial charge in [-0.3, -0.25) is 14.6 Å². The number of carbonyl (C=O) groups excluding carboxylic acids is 2. The normalized spacial score (nSPS) is 18.6. The quantitative estimate of drug-likeness (QED) is 0.681. The molecule has 1 N–H and O–H groups in total. The summed E-state index contributed by atoms with van der Waals surface area (Å²) in [6.07, 6.45) is 0. The van der Waals surface area contributed by atoms with Crippen molar-refractivity contribution < 1.29 is 14.3 Å². The van der Waals surface area contributed by atoms with Crippen molar-refractivity contribution in [3.63, 3.8) is 0 Å². The first-order valence-electron chi connectivity index (χ1n) is 8.55. The summed E-state index contributed by atoms with van der Waals surface area (Å²) in [4.78, 5) is 24.9. The Bertz CT molecular complexity index is 915. The number of hydrogen-bond acceptors (Lipinski definition) is 5. The third-order valence-electron chi connectivity index (χ3n) is 4.47. The van der Waals surface area contributed by atoms with Crippen LogP contribution in [0.15, 0.2) is 58.1 Å². The summed E-state index contributed by atoms with van der Waals surface area (Å²) in [7, 11) is 1.35. The van der Waals surface area contributed by atoms with Crippen molar-refractivity contribution in [2.24, 2.45) is 10.5 Å². The van der Waals surface area contributed by atoms with Crippen molar-refractivity contribution >= 4 is 50.8 Å². The molecule has 28 heavy (non-hydrogen) atoms. The number of ether oxygens (including phenoxy) is 1. The maximum atomic E-state index is 12.5. The molecular weight excluding hydrogens is 446 g/mol. The number of benzene rings is 2. The molecule has 0 radical (unpaired) electrons. The number of anilines is 1. The first-order chi connectivity index (χ1) is 13.3. The van der Waals surface area contributed by atoms with Crippen molar-refractivity contribution in [2.75, 3.05) is 25.5 Å². The second-order valence-electron chi connectivity index (χ2n) is 6.66. The second kappa shape index (κ2) is 8.32. The molecule has 2 aromatic carbocycles. The average molecular weight is 465 g/mol. The molecule has 1 heterocycles. The average Bonchev–Trinajstić information content (AvgIpc) is 3.00. The lowest BCUT2D eigenvalue weighted by atomic mass is 9.82. The number of rotatable bonds is 5. The molecule has 3 rings (SSSR count). The van der Waals surface area contributed by atoms with Crippen LogP contribution in [0.25, 0.3) is 0 Å². The van der Waals surface area contributed by atoms with Crippen LogP contribution in [0.2, 0.25) is 5.02 Å². The molecule has 2 aromatic rings. The molecule has 8 heteroatoms. The molecule has 1 amide bonds. The highest BCUT2D eigenvalue weighted by molar-refractivity contribution is 9.10. The van der Waals surface area contributed by atoms with Crippen molar-refractivity contribution in [3.05, 3.63) is 63.6 Å². The van der Waals surface area contributed by atoms with Gasteiger partial charge in [0.05, 0.1) is 19.4 Å². The van der Waals surface area contributed by atoms with Gasteiger partial charge in [-0.2, -0.15) is 5.10 Å². The van der Waals surface area contributed by atoms with E-state index in [1.165, 1.54) is 7.11 Å². The molecule has 0 aliphatic carbocycles. The summed E-state index contributed by atoms with van der Waals surface area (Å²) in [6, 6.07) is 14.4. The minimum Gasteiger partial charge on any atom is -0.468 e. The fourth-order valence-corrected chi connectivity index (χ4v) is 3.48. The summed E-state index contributed by atoms with van der Waals surface area (Å²) in [5.74, 6) is -0.634. The summed E-state index contributed by atoms with van der Waals surface area (Å²) in [5.41, 5.74) is 1.05. The van der Waals surface area contributed by atoms with E-state index in [4.69, 9.17) is 16.3 Å². The predicted octanol–water partition coefficient (Wildman–Crippen LogP) is 3.94. The van der Waals surface area contributed by atoms with Gasteiger partial charge in [0.1, 0.15) is 12.0 Å². The Morgan fingerprint density at radius 1 is 1.21 bits per heavy atom.